The van der Waals surface area contributed by atoms with Crippen molar-refractivity contribution in [2.75, 3.05) is 19.0 Å². The third kappa shape index (κ3) is 4.41. The van der Waals surface area contributed by atoms with Gasteiger partial charge in [0, 0.05) is 11.9 Å². The maximum atomic E-state index is 13.6. The highest BCUT2D eigenvalue weighted by atomic mass is 32.1. The van der Waals surface area contributed by atoms with E-state index < -0.39 is 12.0 Å². The molecule has 0 aliphatic carbocycles. The van der Waals surface area contributed by atoms with Gasteiger partial charge in [-0.15, -0.1) is 0 Å². The van der Waals surface area contributed by atoms with Crippen LogP contribution in [0.5, 0.6) is 5.75 Å². The number of methoxy groups -OCH3 is 1. The van der Waals surface area contributed by atoms with E-state index in [1.165, 1.54) is 11.3 Å². The number of aromatic nitrogens is 1. The summed E-state index contributed by atoms with van der Waals surface area (Å²) in [5, 5.41) is 3.26. The summed E-state index contributed by atoms with van der Waals surface area (Å²) in [5.41, 5.74) is 4.57. The van der Waals surface area contributed by atoms with Gasteiger partial charge in [-0.2, -0.15) is 0 Å². The molecule has 7 nitrogen and oxygen atoms in total. The topological polar surface area (TPSA) is 81.9 Å². The Kier molecular flexibility index (Phi) is 6.70. The van der Waals surface area contributed by atoms with Crippen LogP contribution in [0.15, 0.2) is 63.5 Å². The molecule has 0 saturated carbocycles. The minimum absolute atomic E-state index is 0.225. The Balaban J connectivity index is 1.86. The van der Waals surface area contributed by atoms with Crippen molar-refractivity contribution in [1.82, 2.24) is 4.57 Å². The molecule has 8 heteroatoms. The number of nitrogens with zero attached hydrogens (tertiary/aromatic N) is 2. The number of aryl methyl sites for hydroxylation is 2. The van der Waals surface area contributed by atoms with Gasteiger partial charge in [0.25, 0.3) is 5.56 Å². The average Bonchev–Trinajstić information content (AvgIpc) is 3.13. The number of fused-ring (bicyclic) bond motifs is 1. The highest BCUT2D eigenvalue weighted by Gasteiger charge is 2.33. The number of hydrogen-bond donors (Lipinski definition) is 1. The zero-order chi connectivity index (χ0) is 24.4. The van der Waals surface area contributed by atoms with Crippen LogP contribution in [-0.4, -0.2) is 24.3 Å². The van der Waals surface area contributed by atoms with Crippen molar-refractivity contribution in [3.05, 3.63) is 90.1 Å². The summed E-state index contributed by atoms with van der Waals surface area (Å²) in [6.07, 6.45) is 1.71. The number of rotatable bonds is 6. The summed E-state index contributed by atoms with van der Waals surface area (Å²) in [7, 11) is 1.59. The molecular weight excluding hydrogens is 450 g/mol. The fourth-order valence-electron chi connectivity index (χ4n) is 3.93. The molecular formula is C26H27N3O4S. The van der Waals surface area contributed by atoms with Gasteiger partial charge in [-0.1, -0.05) is 35.6 Å². The number of anilines is 1. The molecule has 1 aromatic heterocycles. The van der Waals surface area contributed by atoms with Crippen molar-refractivity contribution in [3.8, 4) is 5.75 Å². The van der Waals surface area contributed by atoms with Gasteiger partial charge in [-0.25, -0.2) is 9.79 Å². The minimum Gasteiger partial charge on any atom is -0.497 e. The summed E-state index contributed by atoms with van der Waals surface area (Å²) < 4.78 is 12.7. The number of esters is 1. The molecule has 34 heavy (non-hydrogen) atoms. The van der Waals surface area contributed by atoms with Gasteiger partial charge in [0.1, 0.15) is 10.3 Å². The molecule has 176 valence electrons. The highest BCUT2D eigenvalue weighted by molar-refractivity contribution is 7.07. The molecule has 2 aromatic carbocycles. The number of nitrogens with one attached hydrogen (secondary N) is 1. The molecule has 0 bridgehead atoms. The van der Waals surface area contributed by atoms with Crippen LogP contribution in [0, 0.1) is 13.8 Å². The SMILES string of the molecule is CCOC(=O)C1=C(C)N=c2s/c(=C\Nc3cc(C)ccc3C)c(=O)n2[C@@H]1c1ccc(OC)cc1. The normalized spacial score (nSPS) is 15.6. The summed E-state index contributed by atoms with van der Waals surface area (Å²) in [6, 6.07) is 12.8. The lowest BCUT2D eigenvalue weighted by molar-refractivity contribution is -0.139. The monoisotopic (exact) mass is 477 g/mol. The van der Waals surface area contributed by atoms with E-state index in [1.54, 1.807) is 31.7 Å². The van der Waals surface area contributed by atoms with E-state index in [0.717, 1.165) is 22.4 Å². The largest absolute Gasteiger partial charge is 0.497 e. The van der Waals surface area contributed by atoms with Crippen LogP contribution in [0.2, 0.25) is 0 Å². The number of benzene rings is 2. The molecule has 1 aliphatic heterocycles. The maximum absolute atomic E-state index is 13.6. The number of thiazole rings is 1. The third-order valence-electron chi connectivity index (χ3n) is 5.70. The second kappa shape index (κ2) is 9.69. The van der Waals surface area contributed by atoms with E-state index >= 15 is 0 Å². The van der Waals surface area contributed by atoms with Crippen LogP contribution >= 0.6 is 11.3 Å². The lowest BCUT2D eigenvalue weighted by Gasteiger charge is -2.24. The van der Waals surface area contributed by atoms with Crippen LogP contribution in [0.3, 0.4) is 0 Å². The molecule has 0 saturated heterocycles. The Morgan fingerprint density at radius 3 is 2.59 bits per heavy atom. The van der Waals surface area contributed by atoms with Crippen LogP contribution in [-0.2, 0) is 9.53 Å². The van der Waals surface area contributed by atoms with E-state index in [9.17, 15) is 9.59 Å². The van der Waals surface area contributed by atoms with Gasteiger partial charge in [0.15, 0.2) is 4.80 Å². The zero-order valence-corrected chi connectivity index (χ0v) is 20.7. The Morgan fingerprint density at radius 2 is 1.91 bits per heavy atom. The van der Waals surface area contributed by atoms with Gasteiger partial charge in [0.2, 0.25) is 0 Å². The van der Waals surface area contributed by atoms with Gasteiger partial charge in [-0.05, 0) is 62.6 Å². The molecule has 1 aliphatic rings. The predicted molar refractivity (Wildman–Crippen MR) is 134 cm³/mol. The first kappa shape index (κ1) is 23.5. The second-order valence-electron chi connectivity index (χ2n) is 8.04. The number of allylic oxidation sites excluding steroid dienone is 1. The van der Waals surface area contributed by atoms with Crippen LogP contribution in [0.25, 0.3) is 6.20 Å². The van der Waals surface area contributed by atoms with Gasteiger partial charge in [-0.3, -0.25) is 9.36 Å². The first-order valence-corrected chi connectivity index (χ1v) is 11.8. The average molecular weight is 478 g/mol. The molecule has 3 aromatic rings. The van der Waals surface area contributed by atoms with E-state index in [1.807, 2.05) is 56.3 Å². The molecule has 4 rings (SSSR count). The zero-order valence-electron chi connectivity index (χ0n) is 19.8. The molecule has 1 N–H and O–H groups in total. The lowest BCUT2D eigenvalue weighted by atomic mass is 9.96. The smallest absolute Gasteiger partial charge is 0.338 e. The first-order valence-electron chi connectivity index (χ1n) is 11.0. The number of carbonyl (C=O) groups is 1. The fourth-order valence-corrected chi connectivity index (χ4v) is 4.90. The summed E-state index contributed by atoms with van der Waals surface area (Å²) in [6.45, 7) is 7.79. The van der Waals surface area contributed by atoms with Crippen LogP contribution in [0.4, 0.5) is 5.69 Å². The fraction of sp³-hybridized carbons (Fsp3) is 0.269. The molecule has 0 unspecified atom stereocenters. The third-order valence-corrected chi connectivity index (χ3v) is 6.68. The quantitative estimate of drug-likeness (QED) is 0.550. The molecule has 1 atom stereocenters. The Labute approximate surface area is 201 Å². The van der Waals surface area contributed by atoms with Crippen LogP contribution in [0.1, 0.15) is 36.6 Å². The Hall–Kier alpha value is -3.65. The molecule has 0 amide bonds. The Bertz CT molecular complexity index is 1450. The van der Waals surface area contributed by atoms with Crippen LogP contribution < -0.4 is 24.9 Å². The van der Waals surface area contributed by atoms with Crippen molar-refractivity contribution in [3.63, 3.8) is 0 Å². The summed E-state index contributed by atoms with van der Waals surface area (Å²) in [4.78, 5) is 31.6. The van der Waals surface area contributed by atoms with Crippen molar-refractivity contribution in [2.24, 2.45) is 4.99 Å². The van der Waals surface area contributed by atoms with Crippen molar-refractivity contribution in [2.45, 2.75) is 33.7 Å². The summed E-state index contributed by atoms with van der Waals surface area (Å²) >= 11 is 1.28. The molecule has 2 heterocycles. The number of hydrogen-bond acceptors (Lipinski definition) is 7. The minimum atomic E-state index is -0.649. The standard InChI is InChI=1S/C26H27N3O4S/c1-6-33-25(31)22-17(4)28-26-29(23(22)18-9-11-19(32-5)12-10-18)24(30)21(34-26)14-27-20-13-15(2)7-8-16(20)3/h7-14,23,27H,6H2,1-5H3/b21-14-/t23-/m1/s1. The number of carbonyl (C=O) groups excluding carboxylic acids is 1. The van der Waals surface area contributed by atoms with Crippen molar-refractivity contribution in [1.29, 1.82) is 0 Å². The second-order valence-corrected chi connectivity index (χ2v) is 9.05. The first-order chi connectivity index (χ1) is 16.3. The van der Waals surface area contributed by atoms with Crippen molar-refractivity contribution < 1.29 is 14.3 Å². The molecule has 0 radical (unpaired) electrons. The molecule has 0 fully saturated rings. The van der Waals surface area contributed by atoms with E-state index in [0.29, 0.717) is 26.4 Å². The van der Waals surface area contributed by atoms with Crippen molar-refractivity contribution >= 4 is 29.2 Å². The number of ether oxygens (including phenoxy) is 2. The van der Waals surface area contributed by atoms with E-state index in [-0.39, 0.29) is 12.2 Å². The van der Waals surface area contributed by atoms with Gasteiger partial charge >= 0.3 is 5.97 Å². The lowest BCUT2D eigenvalue weighted by Crippen LogP contribution is -2.40. The predicted octanol–water partition coefficient (Wildman–Crippen LogP) is 3.45. The van der Waals surface area contributed by atoms with Gasteiger partial charge < -0.3 is 14.8 Å². The highest BCUT2D eigenvalue weighted by Crippen LogP contribution is 2.31. The summed E-state index contributed by atoms with van der Waals surface area (Å²) in [5.74, 6) is 0.208. The van der Waals surface area contributed by atoms with E-state index in [2.05, 4.69) is 10.3 Å². The van der Waals surface area contributed by atoms with E-state index in [4.69, 9.17) is 9.47 Å². The maximum Gasteiger partial charge on any atom is 0.338 e. The van der Waals surface area contributed by atoms with Gasteiger partial charge in [0.05, 0.1) is 31.0 Å². The Morgan fingerprint density at radius 1 is 1.18 bits per heavy atom. The molecule has 0 spiro atoms.